The Kier molecular flexibility index (Phi) is 10.5. The SMILES string of the molecule is CC[C@H]1OC(=O)[C@H](C)C(=O)[C@H](C)[C@@H](O[C@@H]2O[C@H](C)C[C@H](N(C)C)[C@H]2O)[C@@](C)(OC)C[C@@H](C)C(=O)[C@@]2(C)CN(C)[C@@H]3C(=O)O[C@@]1(C)[C@@H]32. The summed E-state index contributed by atoms with van der Waals surface area (Å²) in [6, 6.07) is -0.947. The van der Waals surface area contributed by atoms with E-state index in [2.05, 4.69) is 0 Å². The average Bonchev–Trinajstić information content (AvgIpc) is 3.44. The molecule has 0 bridgehead atoms. The molecule has 0 unspecified atom stereocenters. The van der Waals surface area contributed by atoms with Gasteiger partial charge < -0.3 is 33.7 Å². The summed E-state index contributed by atoms with van der Waals surface area (Å²) in [5, 5.41) is 11.3. The number of carbonyl (C=O) groups excluding carboxylic acids is 4. The van der Waals surface area contributed by atoms with Gasteiger partial charge in [0.1, 0.15) is 30.0 Å². The van der Waals surface area contributed by atoms with E-state index in [1.165, 1.54) is 14.0 Å². The molecular formula is C34H56N2O10. The standard InChI is InChI=1S/C34H56N2O10/c1-13-22-34(8)26-23(30(41)46-34)36(11)16-32(26,6)27(39)17(2)15-33(7,42-12)28(19(4)24(37)20(5)29(40)44-22)45-31-25(38)21(35(9)10)14-18(3)43-31/h17-23,25-26,28,31,38H,13-16H2,1-12H3/t17-,18-,19+,20-,21+,22-,23+,25-,26+,28-,31+,32+,33+,34-/m1/s1. The van der Waals surface area contributed by atoms with Crippen LogP contribution in [-0.2, 0) is 42.9 Å². The second-order valence-electron chi connectivity index (χ2n) is 15.2. The molecule has 12 heteroatoms. The molecule has 0 amide bonds. The molecule has 4 rings (SSSR count). The van der Waals surface area contributed by atoms with E-state index < -0.39 is 88.7 Å². The number of aliphatic hydroxyl groups excluding tert-OH is 1. The number of carbonyl (C=O) groups is 4. The van der Waals surface area contributed by atoms with E-state index >= 15 is 0 Å². The summed E-state index contributed by atoms with van der Waals surface area (Å²) < 4.78 is 30.9. The molecule has 1 N–H and O–H groups in total. The van der Waals surface area contributed by atoms with E-state index in [9.17, 15) is 24.3 Å². The minimum atomic E-state index is -1.29. The van der Waals surface area contributed by atoms with Crippen LogP contribution >= 0.6 is 0 Å². The van der Waals surface area contributed by atoms with Crippen LogP contribution in [0, 0.1) is 29.1 Å². The van der Waals surface area contributed by atoms with Gasteiger partial charge in [-0.05, 0) is 68.1 Å². The zero-order valence-electron chi connectivity index (χ0n) is 29.7. The van der Waals surface area contributed by atoms with Crippen LogP contribution in [-0.4, -0.2) is 127 Å². The van der Waals surface area contributed by atoms with E-state index in [1.54, 1.807) is 27.8 Å². The molecule has 4 aliphatic heterocycles. The van der Waals surface area contributed by atoms with Crippen molar-refractivity contribution in [3.05, 3.63) is 0 Å². The van der Waals surface area contributed by atoms with Crippen LogP contribution in [0.25, 0.3) is 0 Å². The summed E-state index contributed by atoms with van der Waals surface area (Å²) in [4.78, 5) is 59.6. The number of likely N-dealkylation sites (N-methyl/N-ethyl adjacent to an activating group) is 2. The van der Waals surface area contributed by atoms with Crippen molar-refractivity contribution in [1.82, 2.24) is 9.80 Å². The lowest BCUT2D eigenvalue weighted by Gasteiger charge is -2.47. The van der Waals surface area contributed by atoms with Crippen molar-refractivity contribution in [2.75, 3.05) is 34.8 Å². The summed E-state index contributed by atoms with van der Waals surface area (Å²) >= 11 is 0. The zero-order chi connectivity index (χ0) is 34.7. The smallest absolute Gasteiger partial charge is 0.324 e. The van der Waals surface area contributed by atoms with Gasteiger partial charge in [0, 0.05) is 42.9 Å². The van der Waals surface area contributed by atoms with Gasteiger partial charge in [0.2, 0.25) is 0 Å². The number of Topliss-reactive ketones (excluding diaryl/α,β-unsaturated/α-hetero) is 2. The number of esters is 2. The first-order valence-corrected chi connectivity index (χ1v) is 16.7. The quantitative estimate of drug-likeness (QED) is 0.344. The van der Waals surface area contributed by atoms with Crippen LogP contribution < -0.4 is 0 Å². The van der Waals surface area contributed by atoms with Crippen LogP contribution in [0.3, 0.4) is 0 Å². The molecule has 46 heavy (non-hydrogen) atoms. The monoisotopic (exact) mass is 652 g/mol. The maximum Gasteiger partial charge on any atom is 0.324 e. The van der Waals surface area contributed by atoms with Crippen molar-refractivity contribution in [2.45, 2.75) is 129 Å². The van der Waals surface area contributed by atoms with Gasteiger partial charge >= 0.3 is 11.9 Å². The predicted molar refractivity (Wildman–Crippen MR) is 168 cm³/mol. The molecule has 4 aliphatic rings. The summed E-state index contributed by atoms with van der Waals surface area (Å²) in [6.07, 6.45) is -3.19. The lowest BCUT2D eigenvalue weighted by Crippen LogP contribution is -2.60. The Labute approximate surface area is 273 Å². The molecular weight excluding hydrogens is 596 g/mol. The van der Waals surface area contributed by atoms with Crippen LogP contribution in [0.2, 0.25) is 0 Å². The normalized spacial score (nSPS) is 47.8. The van der Waals surface area contributed by atoms with Gasteiger partial charge in [-0.2, -0.15) is 0 Å². The topological polar surface area (TPSA) is 141 Å². The highest BCUT2D eigenvalue weighted by molar-refractivity contribution is 6.00. The molecule has 0 aromatic rings. The summed E-state index contributed by atoms with van der Waals surface area (Å²) in [5.41, 5.74) is -3.55. The fourth-order valence-corrected chi connectivity index (χ4v) is 9.09. The summed E-state index contributed by atoms with van der Waals surface area (Å²) in [6.45, 7) is 14.4. The van der Waals surface area contributed by atoms with Crippen LogP contribution in [0.5, 0.6) is 0 Å². The molecule has 4 saturated heterocycles. The molecule has 14 atom stereocenters. The third kappa shape index (κ3) is 6.07. The number of nitrogens with zero attached hydrogens (tertiary/aromatic N) is 2. The van der Waals surface area contributed by atoms with E-state index in [0.29, 0.717) is 19.4 Å². The summed E-state index contributed by atoms with van der Waals surface area (Å²) in [5.74, 6) is -5.03. The van der Waals surface area contributed by atoms with Crippen molar-refractivity contribution in [2.24, 2.45) is 29.1 Å². The van der Waals surface area contributed by atoms with E-state index in [-0.39, 0.29) is 24.3 Å². The zero-order valence-corrected chi connectivity index (χ0v) is 29.7. The van der Waals surface area contributed by atoms with Crippen LogP contribution in [0.1, 0.15) is 74.7 Å². The Morgan fingerprint density at radius 2 is 1.67 bits per heavy atom. The first-order valence-electron chi connectivity index (χ1n) is 16.7. The van der Waals surface area contributed by atoms with Crippen molar-refractivity contribution in [1.29, 1.82) is 0 Å². The largest absolute Gasteiger partial charge is 0.458 e. The van der Waals surface area contributed by atoms with Gasteiger partial charge in [0.15, 0.2) is 17.7 Å². The van der Waals surface area contributed by atoms with E-state index in [1.807, 2.05) is 51.6 Å². The highest BCUT2D eigenvalue weighted by Crippen LogP contribution is 2.55. The molecule has 0 aromatic heterocycles. The van der Waals surface area contributed by atoms with E-state index in [0.717, 1.165) is 0 Å². The Balaban J connectivity index is 1.82. The maximum absolute atomic E-state index is 14.7. The fourth-order valence-electron chi connectivity index (χ4n) is 9.09. The fraction of sp³-hybridized carbons (Fsp3) is 0.882. The molecule has 0 spiro atoms. The third-order valence-electron chi connectivity index (χ3n) is 11.5. The van der Waals surface area contributed by atoms with Gasteiger partial charge in [0.05, 0.1) is 17.8 Å². The Hall–Kier alpha value is -1.96. The van der Waals surface area contributed by atoms with Crippen molar-refractivity contribution < 1.29 is 48.0 Å². The van der Waals surface area contributed by atoms with Crippen molar-refractivity contribution >= 4 is 23.5 Å². The van der Waals surface area contributed by atoms with Crippen molar-refractivity contribution in [3.63, 3.8) is 0 Å². The van der Waals surface area contributed by atoms with Gasteiger partial charge in [-0.3, -0.25) is 24.1 Å². The lowest BCUT2D eigenvalue weighted by atomic mass is 9.62. The second-order valence-corrected chi connectivity index (χ2v) is 15.2. The maximum atomic E-state index is 14.7. The molecule has 0 saturated carbocycles. The molecule has 0 aliphatic carbocycles. The Morgan fingerprint density at radius 1 is 1.04 bits per heavy atom. The van der Waals surface area contributed by atoms with Crippen LogP contribution in [0.15, 0.2) is 0 Å². The van der Waals surface area contributed by atoms with Crippen LogP contribution in [0.4, 0.5) is 0 Å². The van der Waals surface area contributed by atoms with Gasteiger partial charge in [-0.1, -0.05) is 27.7 Å². The van der Waals surface area contributed by atoms with Gasteiger partial charge in [-0.15, -0.1) is 0 Å². The number of ether oxygens (including phenoxy) is 5. The number of methoxy groups -OCH3 is 1. The second kappa shape index (κ2) is 13.2. The molecule has 4 fully saturated rings. The average molecular weight is 653 g/mol. The minimum Gasteiger partial charge on any atom is -0.458 e. The number of ketones is 2. The lowest BCUT2D eigenvalue weighted by molar-refractivity contribution is -0.295. The number of hydrogen-bond donors (Lipinski definition) is 1. The minimum absolute atomic E-state index is 0.0840. The predicted octanol–water partition coefficient (Wildman–Crippen LogP) is 2.23. The Morgan fingerprint density at radius 3 is 2.24 bits per heavy atom. The first-order chi connectivity index (χ1) is 21.3. The highest BCUT2D eigenvalue weighted by Gasteiger charge is 2.70. The number of rotatable bonds is 5. The number of hydrogen-bond acceptors (Lipinski definition) is 12. The number of aliphatic hydroxyl groups is 1. The first kappa shape index (κ1) is 36.9. The molecule has 0 aromatic carbocycles. The molecule has 262 valence electrons. The molecule has 12 nitrogen and oxygen atoms in total. The van der Waals surface area contributed by atoms with E-state index in [4.69, 9.17) is 23.7 Å². The Bertz CT molecular complexity index is 1200. The number of cyclic esters (lactones) is 1. The van der Waals surface area contributed by atoms with Gasteiger partial charge in [0.25, 0.3) is 0 Å². The number of likely N-dealkylation sites (tertiary alicyclic amines) is 1. The molecule has 0 radical (unpaired) electrons. The highest BCUT2D eigenvalue weighted by atomic mass is 16.7. The summed E-state index contributed by atoms with van der Waals surface area (Å²) in [7, 11) is 7.06. The van der Waals surface area contributed by atoms with Crippen molar-refractivity contribution in [3.8, 4) is 0 Å². The molecule has 4 heterocycles. The third-order valence-corrected chi connectivity index (χ3v) is 11.5. The van der Waals surface area contributed by atoms with Gasteiger partial charge in [-0.25, -0.2) is 0 Å².